The number of esters is 1. The van der Waals surface area contributed by atoms with Gasteiger partial charge in [-0.1, -0.05) is 46.6 Å². The smallest absolute Gasteiger partial charge is 0.309 e. The van der Waals surface area contributed by atoms with E-state index in [1.165, 1.54) is 6.92 Å². The van der Waals surface area contributed by atoms with Crippen LogP contribution in [0.25, 0.3) is 0 Å². The third-order valence-corrected chi connectivity index (χ3v) is 12.2. The van der Waals surface area contributed by atoms with Gasteiger partial charge in [-0.15, -0.1) is 0 Å². The number of ketones is 1. The lowest BCUT2D eigenvalue weighted by atomic mass is 9.44. The van der Waals surface area contributed by atoms with Crippen molar-refractivity contribution in [2.75, 3.05) is 0 Å². The first kappa shape index (κ1) is 28.2. The second-order valence-corrected chi connectivity index (χ2v) is 13.6. The molecule has 0 aromatic rings. The number of allylic oxidation sites excluding steroid dienone is 2. The monoisotopic (exact) mass is 536 g/mol. The number of carbonyl (C=O) groups is 2. The number of ether oxygens (including phenoxy) is 1. The van der Waals surface area contributed by atoms with E-state index in [0.717, 1.165) is 31.3 Å². The molecule has 214 valence electrons. The first-order valence-corrected chi connectivity index (χ1v) is 14.3. The van der Waals surface area contributed by atoms with E-state index in [0.29, 0.717) is 12.8 Å². The molecule has 38 heavy (non-hydrogen) atoms. The quantitative estimate of drug-likeness (QED) is 0.232. The summed E-state index contributed by atoms with van der Waals surface area (Å²) in [6.07, 6.45) is 5.27. The van der Waals surface area contributed by atoms with Gasteiger partial charge in [-0.05, 0) is 73.2 Å². The topological polar surface area (TPSA) is 165 Å². The van der Waals surface area contributed by atoms with Gasteiger partial charge in [-0.25, -0.2) is 0 Å². The fourth-order valence-corrected chi connectivity index (χ4v) is 9.53. The Morgan fingerprint density at radius 2 is 1.63 bits per heavy atom. The summed E-state index contributed by atoms with van der Waals surface area (Å²) in [5.41, 5.74) is -1.16. The largest absolute Gasteiger partial charge is 0.462 e. The molecule has 0 bridgehead atoms. The maximum absolute atomic E-state index is 13.4. The number of rotatable bonds is 3. The van der Waals surface area contributed by atoms with Gasteiger partial charge in [0.1, 0.15) is 6.10 Å². The molecule has 1 aliphatic heterocycles. The van der Waals surface area contributed by atoms with Crippen LogP contribution in [0, 0.1) is 52.3 Å². The zero-order valence-electron chi connectivity index (χ0n) is 23.1. The van der Waals surface area contributed by atoms with Crippen LogP contribution in [0.15, 0.2) is 11.6 Å². The third-order valence-electron chi connectivity index (χ3n) is 12.2. The Labute approximate surface area is 223 Å². The summed E-state index contributed by atoms with van der Waals surface area (Å²) in [7, 11) is 0. The van der Waals surface area contributed by atoms with Crippen LogP contribution in [0.5, 0.6) is 0 Å². The number of cyclic esters (lactones) is 1. The Kier molecular flexibility index (Phi) is 6.36. The molecule has 1 heterocycles. The molecule has 6 N–H and O–H groups in total. The molecule has 0 aromatic carbocycles. The number of aliphatic hydroxyl groups is 6. The van der Waals surface area contributed by atoms with E-state index in [1.54, 1.807) is 6.08 Å². The first-order chi connectivity index (χ1) is 17.5. The number of carbonyl (C=O) groups excluding carboxylic acids is 2. The van der Waals surface area contributed by atoms with Gasteiger partial charge in [0.2, 0.25) is 11.6 Å². The second kappa shape index (κ2) is 8.57. The molecule has 4 fully saturated rings. The van der Waals surface area contributed by atoms with E-state index in [4.69, 9.17) is 4.74 Å². The SMILES string of the molecule is CC[C@@H]1CC([C@@H](C)[C@H]2CC[C@H]3C4=CC(=O)C5CC(O)(O)C(O)(O)C(O)(O)[C@]5(C)[C@H]4CC[C@]23C)OC(=O)C1C. The minimum Gasteiger partial charge on any atom is -0.462 e. The number of fused-ring (bicyclic) bond motifs is 5. The molecule has 1 saturated heterocycles. The van der Waals surface area contributed by atoms with Crippen LogP contribution in [0.4, 0.5) is 0 Å². The summed E-state index contributed by atoms with van der Waals surface area (Å²) in [6.45, 7) is 9.87. The second-order valence-electron chi connectivity index (χ2n) is 13.6. The van der Waals surface area contributed by atoms with Crippen molar-refractivity contribution in [1.29, 1.82) is 0 Å². The predicted molar refractivity (Wildman–Crippen MR) is 134 cm³/mol. The first-order valence-electron chi connectivity index (χ1n) is 14.3. The average Bonchev–Trinajstić information content (AvgIpc) is 3.19. The van der Waals surface area contributed by atoms with Crippen molar-refractivity contribution in [3.8, 4) is 0 Å². The van der Waals surface area contributed by atoms with Crippen LogP contribution in [0.3, 0.4) is 0 Å². The highest BCUT2D eigenvalue weighted by molar-refractivity contribution is 5.95. The Morgan fingerprint density at radius 1 is 0.974 bits per heavy atom. The molecule has 4 aliphatic carbocycles. The van der Waals surface area contributed by atoms with Crippen molar-refractivity contribution < 1.29 is 45.0 Å². The number of hydrogen-bond donors (Lipinski definition) is 6. The van der Waals surface area contributed by atoms with Crippen LogP contribution < -0.4 is 0 Å². The highest BCUT2D eigenvalue weighted by Gasteiger charge is 2.78. The standard InChI is InChI=1S/C29H44O9/c1-6-16-11-23(38-24(31)14(16)2)15(3)18-7-8-19-17-12-22(30)21-13-27(32,33)29(36,37)28(34,35)26(21,5)20(17)9-10-25(18,19)4/h12,14-16,18-21,23,32-37H,6-11,13H2,1-5H3/t14?,15-,16+,18+,19-,20-,21?,23?,25+,26+/m0/s1. The van der Waals surface area contributed by atoms with Gasteiger partial charge < -0.3 is 35.4 Å². The van der Waals surface area contributed by atoms with Gasteiger partial charge in [0.25, 0.3) is 5.79 Å². The minimum absolute atomic E-state index is 0.0341. The van der Waals surface area contributed by atoms with E-state index in [-0.39, 0.29) is 47.1 Å². The summed E-state index contributed by atoms with van der Waals surface area (Å²) >= 11 is 0. The van der Waals surface area contributed by atoms with E-state index < -0.39 is 46.8 Å². The predicted octanol–water partition coefficient (Wildman–Crippen LogP) is 1.62. The lowest BCUT2D eigenvalue weighted by Crippen LogP contribution is -2.81. The molecule has 9 heteroatoms. The van der Waals surface area contributed by atoms with Gasteiger partial charge in [-0.3, -0.25) is 9.59 Å². The van der Waals surface area contributed by atoms with E-state index in [2.05, 4.69) is 20.8 Å². The lowest BCUT2D eigenvalue weighted by Gasteiger charge is -2.64. The molecular formula is C29H44O9. The van der Waals surface area contributed by atoms with Crippen LogP contribution >= 0.6 is 0 Å². The molecule has 5 aliphatic rings. The maximum atomic E-state index is 13.4. The fourth-order valence-electron chi connectivity index (χ4n) is 9.53. The average molecular weight is 537 g/mol. The highest BCUT2D eigenvalue weighted by Crippen LogP contribution is 2.69. The normalized spacial score (nSPS) is 47.8. The molecule has 0 aromatic heterocycles. The van der Waals surface area contributed by atoms with Crippen LogP contribution in [-0.4, -0.2) is 65.9 Å². The molecule has 0 radical (unpaired) electrons. The van der Waals surface area contributed by atoms with Crippen LogP contribution in [0.2, 0.25) is 0 Å². The van der Waals surface area contributed by atoms with Crippen molar-refractivity contribution in [3.05, 3.63) is 11.6 Å². The maximum Gasteiger partial charge on any atom is 0.309 e. The summed E-state index contributed by atoms with van der Waals surface area (Å²) in [4.78, 5) is 26.0. The van der Waals surface area contributed by atoms with E-state index in [9.17, 15) is 40.2 Å². The van der Waals surface area contributed by atoms with Crippen LogP contribution in [0.1, 0.15) is 79.6 Å². The number of hydrogen-bond acceptors (Lipinski definition) is 9. The van der Waals surface area contributed by atoms with Gasteiger partial charge in [0.15, 0.2) is 5.78 Å². The zero-order valence-corrected chi connectivity index (χ0v) is 23.1. The molecule has 9 nitrogen and oxygen atoms in total. The van der Waals surface area contributed by atoms with E-state index in [1.807, 2.05) is 6.92 Å². The van der Waals surface area contributed by atoms with Crippen molar-refractivity contribution >= 4 is 11.8 Å². The van der Waals surface area contributed by atoms with Gasteiger partial charge in [0, 0.05) is 17.8 Å². The highest BCUT2D eigenvalue weighted by atomic mass is 16.7. The van der Waals surface area contributed by atoms with Crippen LogP contribution in [-0.2, 0) is 14.3 Å². The molecule has 5 rings (SSSR count). The Bertz CT molecular complexity index is 1050. The minimum atomic E-state index is -3.65. The third kappa shape index (κ3) is 3.38. The Balaban J connectivity index is 1.47. The van der Waals surface area contributed by atoms with Gasteiger partial charge in [-0.2, -0.15) is 0 Å². The zero-order chi connectivity index (χ0) is 28.2. The molecule has 0 amide bonds. The van der Waals surface area contributed by atoms with Crippen molar-refractivity contribution in [3.63, 3.8) is 0 Å². The van der Waals surface area contributed by atoms with Gasteiger partial charge in [0.05, 0.1) is 5.92 Å². The molecule has 10 atom stereocenters. The summed E-state index contributed by atoms with van der Waals surface area (Å²) < 4.78 is 5.93. The molecule has 3 unspecified atom stereocenters. The van der Waals surface area contributed by atoms with Gasteiger partial charge >= 0.3 is 5.97 Å². The molecule has 0 spiro atoms. The van der Waals surface area contributed by atoms with Crippen molar-refractivity contribution in [2.45, 2.75) is 103 Å². The molecule has 3 saturated carbocycles. The summed E-state index contributed by atoms with van der Waals surface area (Å²) in [5.74, 6) is -12.1. The van der Waals surface area contributed by atoms with Crippen molar-refractivity contribution in [2.24, 2.45) is 52.3 Å². The Morgan fingerprint density at radius 3 is 2.26 bits per heavy atom. The van der Waals surface area contributed by atoms with E-state index >= 15 is 0 Å². The lowest BCUT2D eigenvalue weighted by molar-refractivity contribution is -0.503. The summed E-state index contributed by atoms with van der Waals surface area (Å²) in [6, 6.07) is 0. The Hall–Kier alpha value is -1.36. The summed E-state index contributed by atoms with van der Waals surface area (Å²) in [5, 5.41) is 64.1. The fraction of sp³-hybridized carbons (Fsp3) is 0.862. The van der Waals surface area contributed by atoms with Crippen molar-refractivity contribution in [1.82, 2.24) is 0 Å². The molecular weight excluding hydrogens is 492 g/mol.